The highest BCUT2D eigenvalue weighted by Gasteiger charge is 2.29. The first kappa shape index (κ1) is 12.4. The van der Waals surface area contributed by atoms with E-state index in [0.29, 0.717) is 12.2 Å². The zero-order valence-electron chi connectivity index (χ0n) is 11.1. The molecule has 0 saturated heterocycles. The lowest BCUT2D eigenvalue weighted by atomic mass is 10.1. The minimum atomic E-state index is -0.273. The molecule has 4 heteroatoms. The van der Waals surface area contributed by atoms with Crippen LogP contribution in [0.15, 0.2) is 54.2 Å². The van der Waals surface area contributed by atoms with Crippen LogP contribution in [0.1, 0.15) is 6.92 Å². The maximum atomic E-state index is 12.1. The summed E-state index contributed by atoms with van der Waals surface area (Å²) in [6.45, 7) is 2.17. The van der Waals surface area contributed by atoms with Crippen molar-refractivity contribution in [2.24, 2.45) is 0 Å². The molecule has 20 heavy (non-hydrogen) atoms. The van der Waals surface area contributed by atoms with Crippen LogP contribution < -0.4 is 5.32 Å². The Morgan fingerprint density at radius 1 is 1.05 bits per heavy atom. The molecule has 0 atom stereocenters. The van der Waals surface area contributed by atoms with Gasteiger partial charge in [0.1, 0.15) is 5.70 Å². The average Bonchev–Trinajstić information content (AvgIpc) is 2.73. The van der Waals surface area contributed by atoms with Crippen molar-refractivity contribution < 1.29 is 9.59 Å². The fourth-order valence-electron chi connectivity index (χ4n) is 2.38. The second-order valence-electron chi connectivity index (χ2n) is 4.60. The van der Waals surface area contributed by atoms with Crippen LogP contribution >= 0.6 is 0 Å². The molecule has 0 aliphatic carbocycles. The molecule has 4 nitrogen and oxygen atoms in total. The van der Waals surface area contributed by atoms with Crippen molar-refractivity contribution in [3.8, 4) is 0 Å². The summed E-state index contributed by atoms with van der Waals surface area (Å²) in [5.74, 6) is -0.536. The van der Waals surface area contributed by atoms with Gasteiger partial charge < -0.3 is 5.32 Å². The van der Waals surface area contributed by atoms with Gasteiger partial charge in [-0.05, 0) is 18.4 Å². The van der Waals surface area contributed by atoms with Gasteiger partial charge in [0, 0.05) is 23.7 Å². The van der Waals surface area contributed by atoms with Crippen molar-refractivity contribution in [1.82, 2.24) is 4.90 Å². The first-order valence-corrected chi connectivity index (χ1v) is 6.53. The van der Waals surface area contributed by atoms with Gasteiger partial charge in [0.05, 0.1) is 0 Å². The van der Waals surface area contributed by atoms with Crippen LogP contribution in [-0.4, -0.2) is 23.3 Å². The minimum Gasteiger partial charge on any atom is -0.350 e. The standard InChI is InChI=1S/C16H14N2O2/c1-2-18-15(19)10-14(16(18)20)17-13-9-5-7-11-6-3-4-8-12(11)13/h3-10,17H,2H2,1H3. The highest BCUT2D eigenvalue weighted by atomic mass is 16.2. The van der Waals surface area contributed by atoms with Crippen molar-refractivity contribution in [2.75, 3.05) is 11.9 Å². The van der Waals surface area contributed by atoms with E-state index in [1.54, 1.807) is 6.92 Å². The largest absolute Gasteiger partial charge is 0.350 e. The summed E-state index contributed by atoms with van der Waals surface area (Å²) < 4.78 is 0. The van der Waals surface area contributed by atoms with Gasteiger partial charge in [-0.3, -0.25) is 14.5 Å². The van der Waals surface area contributed by atoms with Crippen LogP contribution in [0.2, 0.25) is 0 Å². The number of anilines is 1. The molecule has 2 aromatic carbocycles. The second-order valence-corrected chi connectivity index (χ2v) is 4.60. The summed E-state index contributed by atoms with van der Waals surface area (Å²) in [5.41, 5.74) is 1.15. The number of benzene rings is 2. The van der Waals surface area contributed by atoms with Crippen molar-refractivity contribution >= 4 is 28.3 Å². The van der Waals surface area contributed by atoms with Crippen LogP contribution in [0, 0.1) is 0 Å². The molecule has 0 bridgehead atoms. The Morgan fingerprint density at radius 3 is 2.55 bits per heavy atom. The number of hydrogen-bond acceptors (Lipinski definition) is 3. The highest BCUT2D eigenvalue weighted by Crippen LogP contribution is 2.25. The van der Waals surface area contributed by atoms with E-state index in [1.165, 1.54) is 11.0 Å². The molecular formula is C16H14N2O2. The number of nitrogens with zero attached hydrogens (tertiary/aromatic N) is 1. The van der Waals surface area contributed by atoms with Crippen molar-refractivity contribution in [3.05, 3.63) is 54.2 Å². The lowest BCUT2D eigenvalue weighted by Crippen LogP contribution is -2.31. The highest BCUT2D eigenvalue weighted by molar-refractivity contribution is 6.18. The molecule has 0 radical (unpaired) electrons. The van der Waals surface area contributed by atoms with E-state index >= 15 is 0 Å². The van der Waals surface area contributed by atoms with Crippen LogP contribution in [0.25, 0.3) is 10.8 Å². The molecule has 1 heterocycles. The van der Waals surface area contributed by atoms with E-state index in [2.05, 4.69) is 5.32 Å². The summed E-state index contributed by atoms with van der Waals surface area (Å²) >= 11 is 0. The molecule has 0 aromatic heterocycles. The number of hydrogen-bond donors (Lipinski definition) is 1. The van der Waals surface area contributed by atoms with Gasteiger partial charge in [-0.2, -0.15) is 0 Å². The number of nitrogens with one attached hydrogen (secondary N) is 1. The smallest absolute Gasteiger partial charge is 0.277 e. The van der Waals surface area contributed by atoms with Gasteiger partial charge in [0.2, 0.25) is 0 Å². The van der Waals surface area contributed by atoms with E-state index in [0.717, 1.165) is 16.5 Å². The summed E-state index contributed by atoms with van der Waals surface area (Å²) in [5, 5.41) is 5.18. The summed E-state index contributed by atoms with van der Waals surface area (Å²) in [4.78, 5) is 24.9. The fourth-order valence-corrected chi connectivity index (χ4v) is 2.38. The molecule has 2 aromatic rings. The fraction of sp³-hybridized carbons (Fsp3) is 0.125. The number of likely N-dealkylation sites (N-methyl/N-ethyl adjacent to an activating group) is 1. The molecule has 100 valence electrons. The quantitative estimate of drug-likeness (QED) is 0.868. The predicted molar refractivity (Wildman–Crippen MR) is 78.0 cm³/mol. The third-order valence-electron chi connectivity index (χ3n) is 3.38. The maximum absolute atomic E-state index is 12.1. The van der Waals surface area contributed by atoms with Gasteiger partial charge in [-0.15, -0.1) is 0 Å². The predicted octanol–water partition coefficient (Wildman–Crippen LogP) is 2.52. The van der Waals surface area contributed by atoms with Crippen molar-refractivity contribution in [3.63, 3.8) is 0 Å². The minimum absolute atomic E-state index is 0.264. The van der Waals surface area contributed by atoms with Crippen LogP contribution in [0.3, 0.4) is 0 Å². The first-order valence-electron chi connectivity index (χ1n) is 6.53. The van der Waals surface area contributed by atoms with Gasteiger partial charge in [0.15, 0.2) is 0 Å². The average molecular weight is 266 g/mol. The molecule has 0 unspecified atom stereocenters. The number of fused-ring (bicyclic) bond motifs is 1. The van der Waals surface area contributed by atoms with Crippen LogP contribution in [-0.2, 0) is 9.59 Å². The van der Waals surface area contributed by atoms with Crippen molar-refractivity contribution in [1.29, 1.82) is 0 Å². The third-order valence-corrected chi connectivity index (χ3v) is 3.38. The topological polar surface area (TPSA) is 49.4 Å². The Bertz CT molecular complexity index is 729. The summed E-state index contributed by atoms with van der Waals surface area (Å²) in [6, 6.07) is 13.7. The number of imide groups is 1. The molecule has 3 rings (SSSR count). The molecule has 0 fully saturated rings. The SMILES string of the molecule is CCN1C(=O)C=C(Nc2cccc3ccccc23)C1=O. The Hall–Kier alpha value is -2.62. The number of amides is 2. The Balaban J connectivity index is 1.97. The molecule has 0 spiro atoms. The van der Waals surface area contributed by atoms with Gasteiger partial charge in [-0.1, -0.05) is 36.4 Å². The molecule has 1 aliphatic heterocycles. The molecule has 1 aliphatic rings. The Kier molecular flexibility index (Phi) is 2.99. The lowest BCUT2D eigenvalue weighted by Gasteiger charge is -2.13. The molecule has 1 N–H and O–H groups in total. The Labute approximate surface area is 116 Å². The van der Waals surface area contributed by atoms with Crippen molar-refractivity contribution in [2.45, 2.75) is 6.92 Å². The first-order chi connectivity index (χ1) is 9.70. The normalized spacial score (nSPS) is 14.8. The molecule has 2 amide bonds. The van der Waals surface area contributed by atoms with Gasteiger partial charge in [-0.25, -0.2) is 0 Å². The van der Waals surface area contributed by atoms with E-state index in [1.807, 2.05) is 42.5 Å². The van der Waals surface area contributed by atoms with E-state index in [4.69, 9.17) is 0 Å². The molecular weight excluding hydrogens is 252 g/mol. The van der Waals surface area contributed by atoms with E-state index < -0.39 is 0 Å². The second kappa shape index (κ2) is 4.81. The monoisotopic (exact) mass is 266 g/mol. The molecule has 0 saturated carbocycles. The van der Waals surface area contributed by atoms with Crippen LogP contribution in [0.5, 0.6) is 0 Å². The maximum Gasteiger partial charge on any atom is 0.277 e. The van der Waals surface area contributed by atoms with Crippen LogP contribution in [0.4, 0.5) is 5.69 Å². The van der Waals surface area contributed by atoms with Gasteiger partial charge in [0.25, 0.3) is 11.8 Å². The zero-order chi connectivity index (χ0) is 14.1. The number of carbonyl (C=O) groups is 2. The number of rotatable bonds is 3. The Morgan fingerprint density at radius 2 is 1.80 bits per heavy atom. The summed E-state index contributed by atoms with van der Waals surface area (Å²) in [6.07, 6.45) is 1.35. The summed E-state index contributed by atoms with van der Waals surface area (Å²) in [7, 11) is 0. The lowest BCUT2D eigenvalue weighted by molar-refractivity contribution is -0.136. The third kappa shape index (κ3) is 1.95. The number of carbonyl (C=O) groups excluding carboxylic acids is 2. The van der Waals surface area contributed by atoms with E-state index in [9.17, 15) is 9.59 Å². The van der Waals surface area contributed by atoms with Gasteiger partial charge >= 0.3 is 0 Å². The van der Waals surface area contributed by atoms with E-state index in [-0.39, 0.29) is 11.8 Å². The zero-order valence-corrected chi connectivity index (χ0v) is 11.1.